The van der Waals surface area contributed by atoms with E-state index in [1.165, 1.54) is 12.8 Å². The molecule has 0 bridgehead atoms. The van der Waals surface area contributed by atoms with E-state index in [4.69, 9.17) is 4.74 Å². The highest BCUT2D eigenvalue weighted by molar-refractivity contribution is 5.94. The van der Waals surface area contributed by atoms with Crippen LogP contribution in [0.2, 0.25) is 0 Å². The molecule has 2 N–H and O–H groups in total. The number of allylic oxidation sites excluding steroid dienone is 1. The largest absolute Gasteiger partial charge is 0.497 e. The average Bonchev–Trinajstić information content (AvgIpc) is 3.07. The van der Waals surface area contributed by atoms with Gasteiger partial charge in [0.1, 0.15) is 5.75 Å². The van der Waals surface area contributed by atoms with Crippen molar-refractivity contribution in [1.82, 2.24) is 5.32 Å². The number of nitrogens with one attached hydrogen (secondary N) is 1. The van der Waals surface area contributed by atoms with Gasteiger partial charge in [-0.1, -0.05) is 25.0 Å². The highest BCUT2D eigenvalue weighted by Gasteiger charge is 2.23. The molecule has 0 aliphatic heterocycles. The first-order chi connectivity index (χ1) is 10.6. The van der Waals surface area contributed by atoms with E-state index in [0.29, 0.717) is 12.5 Å². The van der Waals surface area contributed by atoms with Gasteiger partial charge in [-0.15, -0.1) is 0 Å². The Morgan fingerprint density at radius 3 is 2.59 bits per heavy atom. The third kappa shape index (κ3) is 4.60. The van der Waals surface area contributed by atoms with Gasteiger partial charge in [-0.3, -0.25) is 4.79 Å². The summed E-state index contributed by atoms with van der Waals surface area (Å²) < 4.78 is 5.12. The number of hydrogen-bond donors (Lipinski definition) is 2. The topological polar surface area (TPSA) is 58.6 Å². The number of ether oxygens (including phenoxy) is 1. The predicted octanol–water partition coefficient (Wildman–Crippen LogP) is 2.77. The van der Waals surface area contributed by atoms with Gasteiger partial charge in [-0.25, -0.2) is 0 Å². The minimum absolute atomic E-state index is 0.162. The minimum Gasteiger partial charge on any atom is -0.497 e. The lowest BCUT2D eigenvalue weighted by molar-refractivity contribution is -0.117. The number of methoxy groups -OCH3 is 1. The number of carbonyl (C=O) groups is 1. The molecule has 1 aliphatic rings. The van der Waals surface area contributed by atoms with Crippen molar-refractivity contribution in [3.8, 4) is 5.75 Å². The molecule has 120 valence electrons. The van der Waals surface area contributed by atoms with Gasteiger partial charge in [0, 0.05) is 12.6 Å². The van der Waals surface area contributed by atoms with Gasteiger partial charge in [0.15, 0.2) is 0 Å². The highest BCUT2D eigenvalue weighted by Crippen LogP contribution is 2.27. The van der Waals surface area contributed by atoms with Crippen LogP contribution in [0.4, 0.5) is 0 Å². The van der Waals surface area contributed by atoms with Crippen molar-refractivity contribution in [2.45, 2.75) is 38.7 Å². The fourth-order valence-corrected chi connectivity index (χ4v) is 2.90. The number of benzene rings is 1. The fourth-order valence-electron chi connectivity index (χ4n) is 2.90. The van der Waals surface area contributed by atoms with Gasteiger partial charge < -0.3 is 15.2 Å². The first-order valence-corrected chi connectivity index (χ1v) is 7.89. The molecule has 1 aliphatic carbocycles. The molecule has 1 unspecified atom stereocenters. The molecule has 1 atom stereocenters. The number of amides is 1. The lowest BCUT2D eigenvalue weighted by Crippen LogP contribution is -2.34. The van der Waals surface area contributed by atoms with Crippen LogP contribution in [-0.2, 0) is 4.79 Å². The molecule has 2 rings (SSSR count). The average molecular weight is 303 g/mol. The molecular weight excluding hydrogens is 278 g/mol. The van der Waals surface area contributed by atoms with E-state index in [0.717, 1.165) is 29.7 Å². The van der Waals surface area contributed by atoms with E-state index in [-0.39, 0.29) is 5.91 Å². The third-order valence-corrected chi connectivity index (χ3v) is 4.32. The summed E-state index contributed by atoms with van der Waals surface area (Å²) >= 11 is 0. The van der Waals surface area contributed by atoms with Crippen molar-refractivity contribution < 1.29 is 14.6 Å². The maximum Gasteiger partial charge on any atom is 0.244 e. The zero-order chi connectivity index (χ0) is 15.9. The SMILES string of the molecule is COc1ccc(C(C)=CC(=O)NCC(O)C2CCCC2)cc1. The second-order valence-corrected chi connectivity index (χ2v) is 5.91. The van der Waals surface area contributed by atoms with Gasteiger partial charge >= 0.3 is 0 Å². The van der Waals surface area contributed by atoms with E-state index in [9.17, 15) is 9.90 Å². The molecule has 4 heteroatoms. The van der Waals surface area contributed by atoms with E-state index < -0.39 is 6.10 Å². The first kappa shape index (κ1) is 16.6. The summed E-state index contributed by atoms with van der Waals surface area (Å²) in [6.07, 6.45) is 5.65. The third-order valence-electron chi connectivity index (χ3n) is 4.32. The van der Waals surface area contributed by atoms with Crippen LogP contribution in [0.3, 0.4) is 0 Å². The van der Waals surface area contributed by atoms with Crippen LogP contribution in [0.15, 0.2) is 30.3 Å². The maximum atomic E-state index is 11.9. The second-order valence-electron chi connectivity index (χ2n) is 5.91. The van der Waals surface area contributed by atoms with Crippen molar-refractivity contribution in [2.75, 3.05) is 13.7 Å². The van der Waals surface area contributed by atoms with Crippen LogP contribution in [-0.4, -0.2) is 30.8 Å². The molecule has 0 radical (unpaired) electrons. The first-order valence-electron chi connectivity index (χ1n) is 7.89. The van der Waals surface area contributed by atoms with Crippen LogP contribution in [0, 0.1) is 5.92 Å². The quantitative estimate of drug-likeness (QED) is 0.795. The molecule has 0 spiro atoms. The second kappa shape index (κ2) is 7.99. The van der Waals surface area contributed by atoms with Crippen molar-refractivity contribution in [3.63, 3.8) is 0 Å². The van der Waals surface area contributed by atoms with E-state index in [1.807, 2.05) is 31.2 Å². The van der Waals surface area contributed by atoms with Crippen molar-refractivity contribution in [2.24, 2.45) is 5.92 Å². The zero-order valence-electron chi connectivity index (χ0n) is 13.3. The summed E-state index contributed by atoms with van der Waals surface area (Å²) in [6, 6.07) is 7.58. The molecule has 0 saturated heterocycles. The molecule has 1 aromatic rings. The molecular formula is C18H25NO3. The monoisotopic (exact) mass is 303 g/mol. The zero-order valence-corrected chi connectivity index (χ0v) is 13.3. The molecule has 22 heavy (non-hydrogen) atoms. The maximum absolute atomic E-state index is 11.9. The molecule has 1 saturated carbocycles. The number of aliphatic hydroxyl groups excluding tert-OH is 1. The van der Waals surface area contributed by atoms with Crippen LogP contribution >= 0.6 is 0 Å². The predicted molar refractivity (Wildman–Crippen MR) is 87.6 cm³/mol. The van der Waals surface area contributed by atoms with Gasteiger partial charge in [0.25, 0.3) is 0 Å². The molecule has 1 fully saturated rings. The molecule has 4 nitrogen and oxygen atoms in total. The number of hydrogen-bond acceptors (Lipinski definition) is 3. The van der Waals surface area contributed by atoms with E-state index in [2.05, 4.69) is 5.32 Å². The lowest BCUT2D eigenvalue weighted by atomic mass is 10.0. The Labute approximate surface area is 132 Å². The Balaban J connectivity index is 1.85. The van der Waals surface area contributed by atoms with Crippen LogP contribution < -0.4 is 10.1 Å². The van der Waals surface area contributed by atoms with E-state index >= 15 is 0 Å². The highest BCUT2D eigenvalue weighted by atomic mass is 16.5. The minimum atomic E-state index is -0.429. The summed E-state index contributed by atoms with van der Waals surface area (Å²) in [4.78, 5) is 11.9. The van der Waals surface area contributed by atoms with Crippen molar-refractivity contribution in [3.05, 3.63) is 35.9 Å². The molecule has 0 aromatic heterocycles. The molecule has 1 aromatic carbocycles. The Hall–Kier alpha value is -1.81. The van der Waals surface area contributed by atoms with Gasteiger partial charge in [0.05, 0.1) is 13.2 Å². The summed E-state index contributed by atoms with van der Waals surface area (Å²) in [5.74, 6) is 0.970. The fraction of sp³-hybridized carbons (Fsp3) is 0.500. The number of carbonyl (C=O) groups excluding carboxylic acids is 1. The van der Waals surface area contributed by atoms with Crippen LogP contribution in [0.25, 0.3) is 5.57 Å². The standard InChI is InChI=1S/C18H25NO3/c1-13(14-7-9-16(22-2)10-8-14)11-18(21)19-12-17(20)15-5-3-4-6-15/h7-11,15,17,20H,3-6,12H2,1-2H3,(H,19,21). The summed E-state index contributed by atoms with van der Waals surface area (Å²) in [6.45, 7) is 2.23. The Morgan fingerprint density at radius 2 is 2.00 bits per heavy atom. The van der Waals surface area contributed by atoms with E-state index in [1.54, 1.807) is 13.2 Å². The normalized spacial score (nSPS) is 17.3. The van der Waals surface area contributed by atoms with Crippen molar-refractivity contribution in [1.29, 1.82) is 0 Å². The summed E-state index contributed by atoms with van der Waals surface area (Å²) in [7, 11) is 1.63. The van der Waals surface area contributed by atoms with Gasteiger partial charge in [-0.2, -0.15) is 0 Å². The lowest BCUT2D eigenvalue weighted by Gasteiger charge is -2.17. The van der Waals surface area contributed by atoms with Crippen LogP contribution in [0.1, 0.15) is 38.2 Å². The number of rotatable bonds is 6. The van der Waals surface area contributed by atoms with Gasteiger partial charge in [-0.05, 0) is 49.0 Å². The number of aliphatic hydroxyl groups is 1. The summed E-state index contributed by atoms with van der Waals surface area (Å²) in [5.41, 5.74) is 1.86. The summed E-state index contributed by atoms with van der Waals surface area (Å²) in [5, 5.41) is 12.8. The molecule has 0 heterocycles. The van der Waals surface area contributed by atoms with Gasteiger partial charge in [0.2, 0.25) is 5.91 Å². The Bertz CT molecular complexity index is 516. The Kier molecular flexibility index (Phi) is 6.01. The molecule has 1 amide bonds. The smallest absolute Gasteiger partial charge is 0.244 e. The van der Waals surface area contributed by atoms with Crippen molar-refractivity contribution >= 4 is 11.5 Å². The Morgan fingerprint density at radius 1 is 1.36 bits per heavy atom. The van der Waals surface area contributed by atoms with Crippen LogP contribution in [0.5, 0.6) is 5.75 Å².